The third-order valence-electron chi connectivity index (χ3n) is 2.11. The Bertz CT molecular complexity index is 254. The number of aliphatic hydroxyl groups excluding tert-OH is 2. The number of esters is 1. The number of ether oxygens (including phenoxy) is 3. The lowest BCUT2D eigenvalue weighted by molar-refractivity contribution is -0.272. The van der Waals surface area contributed by atoms with Gasteiger partial charge in [-0.3, -0.25) is 4.79 Å². The minimum atomic E-state index is -1.22. The van der Waals surface area contributed by atoms with Gasteiger partial charge in [-0.25, -0.2) is 0 Å². The zero-order chi connectivity index (χ0) is 12.1. The lowest BCUT2D eigenvalue weighted by atomic mass is 10.1. The average Bonchev–Trinajstić information content (AvgIpc) is 2.23. The molecule has 1 rings (SSSR count). The summed E-state index contributed by atoms with van der Waals surface area (Å²) in [5.41, 5.74) is 0. The minimum Gasteiger partial charge on any atom is -0.454 e. The summed E-state index contributed by atoms with van der Waals surface area (Å²) in [4.78, 5) is 10.8. The van der Waals surface area contributed by atoms with E-state index in [4.69, 9.17) is 14.2 Å². The second kappa shape index (κ2) is 5.95. The first-order valence-electron chi connectivity index (χ1n) is 4.93. The highest BCUT2D eigenvalue weighted by Gasteiger charge is 2.41. The van der Waals surface area contributed by atoms with Crippen molar-refractivity contribution in [2.24, 2.45) is 0 Å². The highest BCUT2D eigenvalue weighted by Crippen LogP contribution is 2.19. The Hall–Kier alpha value is -0.950. The molecule has 0 unspecified atom stereocenters. The summed E-state index contributed by atoms with van der Waals surface area (Å²) in [6.07, 6.45) is -2.71. The van der Waals surface area contributed by atoms with Gasteiger partial charge in [-0.1, -0.05) is 6.08 Å². The van der Waals surface area contributed by atoms with Crippen LogP contribution < -0.4 is 0 Å². The van der Waals surface area contributed by atoms with Crippen LogP contribution in [-0.2, 0) is 19.0 Å². The second-order valence-corrected chi connectivity index (χ2v) is 3.46. The molecule has 92 valence electrons. The van der Waals surface area contributed by atoms with Gasteiger partial charge in [0.15, 0.2) is 12.4 Å². The van der Waals surface area contributed by atoms with E-state index in [0.717, 1.165) is 0 Å². The molecule has 6 nitrogen and oxygen atoms in total. The summed E-state index contributed by atoms with van der Waals surface area (Å²) in [6, 6.07) is 0. The normalized spacial score (nSPS) is 34.4. The summed E-state index contributed by atoms with van der Waals surface area (Å²) in [5.74, 6) is -0.575. The van der Waals surface area contributed by atoms with Crippen LogP contribution in [0.1, 0.15) is 6.92 Å². The van der Waals surface area contributed by atoms with Crippen molar-refractivity contribution in [1.82, 2.24) is 0 Å². The zero-order valence-electron chi connectivity index (χ0n) is 9.04. The Labute approximate surface area is 93.4 Å². The van der Waals surface area contributed by atoms with Crippen molar-refractivity contribution in [3.8, 4) is 0 Å². The number of rotatable bonds is 4. The molecule has 6 heteroatoms. The van der Waals surface area contributed by atoms with Crippen molar-refractivity contribution in [3.05, 3.63) is 12.7 Å². The van der Waals surface area contributed by atoms with E-state index in [-0.39, 0.29) is 13.2 Å². The molecule has 1 aliphatic heterocycles. The summed E-state index contributed by atoms with van der Waals surface area (Å²) < 4.78 is 15.1. The molecule has 0 aromatic carbocycles. The van der Waals surface area contributed by atoms with Crippen molar-refractivity contribution < 1.29 is 29.2 Å². The lowest BCUT2D eigenvalue weighted by Gasteiger charge is -2.36. The first-order valence-corrected chi connectivity index (χ1v) is 4.93. The molecule has 16 heavy (non-hydrogen) atoms. The average molecular weight is 232 g/mol. The van der Waals surface area contributed by atoms with Crippen LogP contribution in [-0.4, -0.2) is 54.0 Å². The van der Waals surface area contributed by atoms with Crippen LogP contribution in [0.15, 0.2) is 12.7 Å². The number of carbonyl (C=O) groups excluding carboxylic acids is 1. The molecule has 1 heterocycles. The maximum atomic E-state index is 10.8. The molecule has 0 saturated carbocycles. The Morgan fingerprint density at radius 2 is 2.31 bits per heavy atom. The standard InChI is InChI=1S/C10H16O6/c1-3-4-14-10-9(16-6(2)11)8(13)7(12)5-15-10/h3,7-10,12-13H,1,4-5H2,2H3/t7-,8-,9+,10-/m0/s1. The molecular formula is C10H16O6. The van der Waals surface area contributed by atoms with Gasteiger partial charge in [-0.15, -0.1) is 6.58 Å². The Morgan fingerprint density at radius 3 is 2.88 bits per heavy atom. The van der Waals surface area contributed by atoms with Gasteiger partial charge in [0.25, 0.3) is 0 Å². The van der Waals surface area contributed by atoms with Crippen LogP contribution in [0.4, 0.5) is 0 Å². The Balaban J connectivity index is 2.64. The maximum absolute atomic E-state index is 10.8. The topological polar surface area (TPSA) is 85.2 Å². The van der Waals surface area contributed by atoms with Gasteiger partial charge in [-0.2, -0.15) is 0 Å². The van der Waals surface area contributed by atoms with E-state index >= 15 is 0 Å². The smallest absolute Gasteiger partial charge is 0.303 e. The van der Waals surface area contributed by atoms with Crippen molar-refractivity contribution in [1.29, 1.82) is 0 Å². The Morgan fingerprint density at radius 1 is 1.62 bits per heavy atom. The fourth-order valence-corrected chi connectivity index (χ4v) is 1.39. The summed E-state index contributed by atoms with van der Waals surface area (Å²) >= 11 is 0. The predicted octanol–water partition coefficient (Wildman–Crippen LogP) is -0.801. The first kappa shape index (κ1) is 13.1. The van der Waals surface area contributed by atoms with Gasteiger partial charge in [0.2, 0.25) is 0 Å². The van der Waals surface area contributed by atoms with Gasteiger partial charge < -0.3 is 24.4 Å². The first-order chi connectivity index (χ1) is 7.56. The molecule has 0 aromatic heterocycles. The number of hydrogen-bond acceptors (Lipinski definition) is 6. The molecule has 0 spiro atoms. The molecule has 1 saturated heterocycles. The molecule has 0 bridgehead atoms. The van der Waals surface area contributed by atoms with Crippen LogP contribution >= 0.6 is 0 Å². The van der Waals surface area contributed by atoms with Crippen LogP contribution in [0.2, 0.25) is 0 Å². The van der Waals surface area contributed by atoms with Crippen LogP contribution in [0.5, 0.6) is 0 Å². The molecule has 0 aliphatic carbocycles. The van der Waals surface area contributed by atoms with Crippen molar-refractivity contribution >= 4 is 5.97 Å². The van der Waals surface area contributed by atoms with E-state index in [1.165, 1.54) is 13.0 Å². The zero-order valence-corrected chi connectivity index (χ0v) is 9.04. The summed E-state index contributed by atoms with van der Waals surface area (Å²) in [5, 5.41) is 19.0. The maximum Gasteiger partial charge on any atom is 0.303 e. The molecule has 4 atom stereocenters. The molecule has 0 radical (unpaired) electrons. The van der Waals surface area contributed by atoms with Gasteiger partial charge in [-0.05, 0) is 0 Å². The minimum absolute atomic E-state index is 0.0687. The lowest BCUT2D eigenvalue weighted by Crippen LogP contribution is -2.55. The van der Waals surface area contributed by atoms with Crippen LogP contribution in [0, 0.1) is 0 Å². The monoisotopic (exact) mass is 232 g/mol. The fourth-order valence-electron chi connectivity index (χ4n) is 1.39. The van der Waals surface area contributed by atoms with Gasteiger partial charge >= 0.3 is 5.97 Å². The van der Waals surface area contributed by atoms with Gasteiger partial charge in [0.1, 0.15) is 12.2 Å². The molecular weight excluding hydrogens is 216 g/mol. The van der Waals surface area contributed by atoms with Crippen LogP contribution in [0.3, 0.4) is 0 Å². The van der Waals surface area contributed by atoms with Crippen molar-refractivity contribution in [2.45, 2.75) is 31.5 Å². The van der Waals surface area contributed by atoms with Crippen molar-refractivity contribution in [2.75, 3.05) is 13.2 Å². The Kier molecular flexibility index (Phi) is 4.88. The fraction of sp³-hybridized carbons (Fsp3) is 0.700. The predicted molar refractivity (Wildman–Crippen MR) is 53.5 cm³/mol. The van der Waals surface area contributed by atoms with Crippen LogP contribution in [0.25, 0.3) is 0 Å². The highest BCUT2D eigenvalue weighted by molar-refractivity contribution is 5.66. The van der Waals surface area contributed by atoms with E-state index in [0.29, 0.717) is 0 Å². The van der Waals surface area contributed by atoms with E-state index < -0.39 is 30.6 Å². The molecule has 2 N–H and O–H groups in total. The quantitative estimate of drug-likeness (QED) is 0.487. The van der Waals surface area contributed by atoms with E-state index in [9.17, 15) is 15.0 Å². The summed E-state index contributed by atoms with van der Waals surface area (Å²) in [6.45, 7) is 4.80. The van der Waals surface area contributed by atoms with Crippen molar-refractivity contribution in [3.63, 3.8) is 0 Å². The van der Waals surface area contributed by atoms with Gasteiger partial charge in [0.05, 0.1) is 13.2 Å². The van der Waals surface area contributed by atoms with E-state index in [2.05, 4.69) is 6.58 Å². The van der Waals surface area contributed by atoms with E-state index in [1.807, 2.05) is 0 Å². The largest absolute Gasteiger partial charge is 0.454 e. The SMILES string of the molecule is C=CCO[C@H]1OC[C@H](O)[C@H](O)[C@H]1OC(C)=O. The highest BCUT2D eigenvalue weighted by atomic mass is 16.7. The third kappa shape index (κ3) is 3.28. The third-order valence-corrected chi connectivity index (χ3v) is 2.11. The van der Waals surface area contributed by atoms with Gasteiger partial charge in [0, 0.05) is 6.92 Å². The second-order valence-electron chi connectivity index (χ2n) is 3.46. The number of hydrogen-bond donors (Lipinski definition) is 2. The molecule has 0 aromatic rings. The number of carbonyl (C=O) groups is 1. The summed E-state index contributed by atoms with van der Waals surface area (Å²) in [7, 11) is 0. The molecule has 1 fully saturated rings. The molecule has 0 amide bonds. The molecule has 1 aliphatic rings. The van der Waals surface area contributed by atoms with E-state index in [1.54, 1.807) is 0 Å². The number of aliphatic hydroxyl groups is 2.